The number of halogens is 3. The van der Waals surface area contributed by atoms with Crippen LogP contribution in [0.15, 0.2) is 27.4 Å². The van der Waals surface area contributed by atoms with Crippen LogP contribution in [-0.2, 0) is 16.2 Å². The second-order valence-electron chi connectivity index (χ2n) is 6.87. The van der Waals surface area contributed by atoms with Crippen molar-refractivity contribution in [1.82, 2.24) is 4.57 Å². The lowest BCUT2D eigenvalue weighted by Crippen LogP contribution is -2.31. The Balaban J connectivity index is 2.22. The molecule has 1 atom stereocenters. The molecule has 10 nitrogen and oxygen atoms in total. The quantitative estimate of drug-likeness (QED) is 0.365. The summed E-state index contributed by atoms with van der Waals surface area (Å²) in [6, 6.07) is 0.740. The number of aryl methyl sites for hydroxylation is 1. The van der Waals surface area contributed by atoms with E-state index >= 15 is 8.78 Å². The summed E-state index contributed by atoms with van der Waals surface area (Å²) in [5.74, 6) is -4.52. The standard InChI is InChI=1S/C19H20F3N5O5/c1-31-24-13-8-27(6-10(13)18(23)25-32-2)16-12(21)5-9-15(14(16)22)26(4-3-20)7-11(17(9)28)19(29)30/h5,7,10H,3-4,6,8H2,1-2H3,(H2,23,25)(H,29,30)/b24-13-. The van der Waals surface area contributed by atoms with Gasteiger partial charge in [-0.25, -0.2) is 18.0 Å². The number of benzene rings is 1. The number of pyridine rings is 1. The molecule has 1 aliphatic heterocycles. The monoisotopic (exact) mass is 455 g/mol. The van der Waals surface area contributed by atoms with Crippen molar-refractivity contribution in [2.24, 2.45) is 22.0 Å². The van der Waals surface area contributed by atoms with Crippen LogP contribution >= 0.6 is 0 Å². The molecule has 2 aromatic rings. The first-order chi connectivity index (χ1) is 15.2. The number of aromatic carboxylic acids is 1. The van der Waals surface area contributed by atoms with Crippen molar-refractivity contribution in [2.75, 3.05) is 38.9 Å². The number of oxime groups is 2. The number of rotatable bonds is 7. The van der Waals surface area contributed by atoms with Gasteiger partial charge >= 0.3 is 5.97 Å². The molecule has 1 aromatic carbocycles. The number of carboxylic acid groups (broad SMARTS) is 1. The van der Waals surface area contributed by atoms with Crippen molar-refractivity contribution in [3.05, 3.63) is 39.7 Å². The highest BCUT2D eigenvalue weighted by Crippen LogP contribution is 2.33. The number of fused-ring (bicyclic) bond motifs is 1. The van der Waals surface area contributed by atoms with E-state index < -0.39 is 64.3 Å². The molecule has 1 unspecified atom stereocenters. The Morgan fingerprint density at radius 3 is 2.66 bits per heavy atom. The number of anilines is 1. The Morgan fingerprint density at radius 1 is 1.34 bits per heavy atom. The Kier molecular flexibility index (Phi) is 6.55. The normalized spacial score (nSPS) is 17.9. The molecule has 3 N–H and O–H groups in total. The molecule has 13 heteroatoms. The van der Waals surface area contributed by atoms with Gasteiger partial charge in [-0.15, -0.1) is 0 Å². The Hall–Kier alpha value is -3.77. The first kappa shape index (κ1) is 22.9. The number of aromatic nitrogens is 1. The number of hydrogen-bond donors (Lipinski definition) is 2. The Morgan fingerprint density at radius 2 is 2.06 bits per heavy atom. The summed E-state index contributed by atoms with van der Waals surface area (Å²) in [5, 5.41) is 16.2. The summed E-state index contributed by atoms with van der Waals surface area (Å²) in [6.07, 6.45) is 0.838. The lowest BCUT2D eigenvalue weighted by atomic mass is 10.1. The van der Waals surface area contributed by atoms with Crippen LogP contribution in [0.2, 0.25) is 0 Å². The van der Waals surface area contributed by atoms with Crippen LogP contribution in [0.5, 0.6) is 0 Å². The Bertz CT molecular complexity index is 1180. The minimum absolute atomic E-state index is 0.00726. The topological polar surface area (TPSA) is 132 Å². The second kappa shape index (κ2) is 9.16. The van der Waals surface area contributed by atoms with Gasteiger partial charge in [-0.05, 0) is 6.07 Å². The third-order valence-electron chi connectivity index (χ3n) is 5.02. The molecule has 0 amide bonds. The average Bonchev–Trinajstić information content (AvgIpc) is 3.14. The molecule has 2 heterocycles. The molecule has 0 saturated carbocycles. The number of nitrogens with two attached hydrogens (primary N) is 1. The second-order valence-corrected chi connectivity index (χ2v) is 6.87. The highest BCUT2D eigenvalue weighted by atomic mass is 19.1. The minimum Gasteiger partial charge on any atom is -0.477 e. The van der Waals surface area contributed by atoms with Gasteiger partial charge in [0, 0.05) is 12.7 Å². The number of alkyl halides is 1. The zero-order chi connectivity index (χ0) is 23.6. The van der Waals surface area contributed by atoms with Crippen LogP contribution in [0, 0.1) is 17.6 Å². The third kappa shape index (κ3) is 3.92. The van der Waals surface area contributed by atoms with Gasteiger partial charge in [0.1, 0.15) is 43.8 Å². The third-order valence-corrected chi connectivity index (χ3v) is 5.02. The first-order valence-electron chi connectivity index (χ1n) is 9.30. The van der Waals surface area contributed by atoms with Gasteiger partial charge in [-0.3, -0.25) is 4.79 Å². The summed E-state index contributed by atoms with van der Waals surface area (Å²) >= 11 is 0. The number of amidine groups is 1. The van der Waals surface area contributed by atoms with Crippen LogP contribution < -0.4 is 16.1 Å². The molecular formula is C19H20F3N5O5. The maximum absolute atomic E-state index is 15.6. The van der Waals surface area contributed by atoms with Crippen molar-refractivity contribution >= 4 is 34.1 Å². The smallest absolute Gasteiger partial charge is 0.341 e. The largest absolute Gasteiger partial charge is 0.477 e. The van der Waals surface area contributed by atoms with Gasteiger partial charge in [-0.2, -0.15) is 0 Å². The molecule has 0 radical (unpaired) electrons. The SMILES string of the molecule is CO/N=C(/N)C1CN(c2c(F)cc3c(=O)c(C(=O)O)cn(CCF)c3c2F)C/C1=N/OC. The van der Waals surface area contributed by atoms with Crippen molar-refractivity contribution < 1.29 is 32.7 Å². The van der Waals surface area contributed by atoms with Crippen molar-refractivity contribution in [3.8, 4) is 0 Å². The highest BCUT2D eigenvalue weighted by molar-refractivity contribution is 6.10. The molecule has 1 saturated heterocycles. The molecule has 32 heavy (non-hydrogen) atoms. The molecule has 172 valence electrons. The van der Waals surface area contributed by atoms with E-state index in [0.717, 1.165) is 16.8 Å². The molecule has 0 bridgehead atoms. The van der Waals surface area contributed by atoms with Crippen LogP contribution in [-0.4, -0.2) is 61.2 Å². The molecule has 3 rings (SSSR count). The molecular weight excluding hydrogens is 435 g/mol. The van der Waals surface area contributed by atoms with Crippen molar-refractivity contribution in [2.45, 2.75) is 6.54 Å². The molecule has 0 aliphatic carbocycles. The Labute approximate surface area is 179 Å². The number of nitrogens with zero attached hydrogens (tertiary/aromatic N) is 4. The van der Waals surface area contributed by atoms with Gasteiger partial charge in [0.25, 0.3) is 0 Å². The fourth-order valence-corrected chi connectivity index (χ4v) is 3.70. The van der Waals surface area contributed by atoms with Crippen molar-refractivity contribution in [3.63, 3.8) is 0 Å². The number of carbonyl (C=O) groups is 1. The van der Waals surface area contributed by atoms with Crippen LogP contribution in [0.25, 0.3) is 10.9 Å². The lowest BCUT2D eigenvalue weighted by Gasteiger charge is -2.21. The van der Waals surface area contributed by atoms with Crippen molar-refractivity contribution in [1.29, 1.82) is 0 Å². The van der Waals surface area contributed by atoms with E-state index in [-0.39, 0.29) is 18.9 Å². The molecule has 1 aromatic heterocycles. The number of hydrogen-bond acceptors (Lipinski definition) is 7. The van der Waals surface area contributed by atoms with Crippen LogP contribution in [0.3, 0.4) is 0 Å². The zero-order valence-corrected chi connectivity index (χ0v) is 17.1. The fourth-order valence-electron chi connectivity index (χ4n) is 3.70. The van der Waals surface area contributed by atoms with Gasteiger partial charge in [0.15, 0.2) is 5.82 Å². The summed E-state index contributed by atoms with van der Waals surface area (Å²) in [4.78, 5) is 34.6. The minimum atomic E-state index is -1.59. The van der Waals surface area contributed by atoms with E-state index in [0.29, 0.717) is 5.71 Å². The van der Waals surface area contributed by atoms with Gasteiger partial charge < -0.3 is 30.0 Å². The van der Waals surface area contributed by atoms with Gasteiger partial charge in [0.05, 0.1) is 35.6 Å². The van der Waals surface area contributed by atoms with Crippen LogP contribution in [0.1, 0.15) is 10.4 Å². The average molecular weight is 455 g/mol. The summed E-state index contributed by atoms with van der Waals surface area (Å²) in [6.45, 7) is -1.53. The van der Waals surface area contributed by atoms with E-state index in [1.165, 1.54) is 19.1 Å². The van der Waals surface area contributed by atoms with Gasteiger partial charge in [0.2, 0.25) is 5.43 Å². The van der Waals surface area contributed by atoms with Crippen LogP contribution in [0.4, 0.5) is 18.9 Å². The lowest BCUT2D eigenvalue weighted by molar-refractivity contribution is 0.0694. The van der Waals surface area contributed by atoms with E-state index in [4.69, 9.17) is 10.6 Å². The van der Waals surface area contributed by atoms with E-state index in [1.807, 2.05) is 0 Å². The predicted molar refractivity (Wildman–Crippen MR) is 110 cm³/mol. The number of carboxylic acids is 1. The van der Waals surface area contributed by atoms with E-state index in [1.54, 1.807) is 0 Å². The maximum atomic E-state index is 15.6. The summed E-state index contributed by atoms with van der Waals surface area (Å²) in [5.41, 5.74) is 3.47. The highest BCUT2D eigenvalue weighted by Gasteiger charge is 2.36. The zero-order valence-electron chi connectivity index (χ0n) is 17.1. The molecule has 0 spiro atoms. The summed E-state index contributed by atoms with van der Waals surface area (Å²) in [7, 11) is 2.58. The summed E-state index contributed by atoms with van der Waals surface area (Å²) < 4.78 is 44.7. The molecule has 1 fully saturated rings. The maximum Gasteiger partial charge on any atom is 0.341 e. The van der Waals surface area contributed by atoms with Gasteiger partial charge in [-0.1, -0.05) is 10.3 Å². The first-order valence-corrected chi connectivity index (χ1v) is 9.30. The van der Waals surface area contributed by atoms with E-state index in [9.17, 15) is 19.1 Å². The molecule has 1 aliphatic rings. The fraction of sp³-hybridized carbons (Fsp3) is 0.368. The predicted octanol–water partition coefficient (Wildman–Crippen LogP) is 1.30. The van der Waals surface area contributed by atoms with E-state index in [2.05, 4.69) is 15.1 Å².